The molecule has 2 heterocycles. The van der Waals surface area contributed by atoms with E-state index in [2.05, 4.69) is 5.10 Å². The Bertz CT molecular complexity index is 820. The first-order valence-electron chi connectivity index (χ1n) is 9.49. The van der Waals surface area contributed by atoms with Crippen LogP contribution in [0.2, 0.25) is 0 Å². The van der Waals surface area contributed by atoms with Crippen LogP contribution in [-0.4, -0.2) is 51.5 Å². The van der Waals surface area contributed by atoms with Crippen molar-refractivity contribution in [2.75, 3.05) is 20.1 Å². The lowest BCUT2D eigenvalue weighted by atomic mass is 9.95. The number of piperidine rings is 1. The van der Waals surface area contributed by atoms with Crippen LogP contribution in [0, 0.1) is 19.8 Å². The van der Waals surface area contributed by atoms with Gasteiger partial charge in [-0.1, -0.05) is 18.2 Å². The van der Waals surface area contributed by atoms with Crippen LogP contribution in [0.4, 0.5) is 0 Å². The zero-order valence-electron chi connectivity index (χ0n) is 16.6. The number of hydrogen-bond acceptors (Lipinski definition) is 3. The lowest BCUT2D eigenvalue weighted by Gasteiger charge is -2.32. The maximum absolute atomic E-state index is 12.9. The molecule has 1 aromatic heterocycles. The Hall–Kier alpha value is -2.63. The number of hydrogen-bond donors (Lipinski definition) is 0. The van der Waals surface area contributed by atoms with Gasteiger partial charge in [-0.25, -0.2) is 4.68 Å². The van der Waals surface area contributed by atoms with Crippen molar-refractivity contribution in [3.63, 3.8) is 0 Å². The van der Waals surface area contributed by atoms with E-state index in [1.54, 1.807) is 11.8 Å². The molecule has 0 spiro atoms. The maximum atomic E-state index is 12.9. The molecule has 2 amide bonds. The van der Waals surface area contributed by atoms with E-state index < -0.39 is 0 Å². The smallest absolute Gasteiger partial charge is 0.225 e. The number of nitrogens with zero attached hydrogens (tertiary/aromatic N) is 4. The highest BCUT2D eigenvalue weighted by Gasteiger charge is 2.28. The van der Waals surface area contributed by atoms with Crippen molar-refractivity contribution < 1.29 is 9.59 Å². The summed E-state index contributed by atoms with van der Waals surface area (Å²) < 4.78 is 1.94. The first-order valence-corrected chi connectivity index (χ1v) is 9.49. The van der Waals surface area contributed by atoms with Gasteiger partial charge in [0.15, 0.2) is 0 Å². The second-order valence-electron chi connectivity index (χ2n) is 7.37. The summed E-state index contributed by atoms with van der Waals surface area (Å²) in [6, 6.07) is 10.0. The second kappa shape index (κ2) is 7.94. The number of likely N-dealkylation sites (tertiary alicyclic amines) is 1. The minimum absolute atomic E-state index is 0.00428. The summed E-state index contributed by atoms with van der Waals surface area (Å²) in [6.45, 7) is 7.52. The molecular weight excluding hydrogens is 340 g/mol. The molecule has 1 aromatic carbocycles. The molecule has 6 nitrogen and oxygen atoms in total. The standard InChI is InChI=1S/C21H28N4O2/c1-15-20(16(2)25(22-15)19-8-6-5-7-9-19)14-23(4)21(27)18-10-12-24(13-11-18)17(3)26/h5-9,18H,10-14H2,1-4H3. The lowest BCUT2D eigenvalue weighted by molar-refractivity contribution is -0.139. The first-order chi connectivity index (χ1) is 12.9. The largest absolute Gasteiger partial charge is 0.343 e. The summed E-state index contributed by atoms with van der Waals surface area (Å²) in [4.78, 5) is 28.0. The van der Waals surface area contributed by atoms with E-state index >= 15 is 0 Å². The lowest BCUT2D eigenvalue weighted by Crippen LogP contribution is -2.42. The molecule has 0 N–H and O–H groups in total. The van der Waals surface area contributed by atoms with Crippen molar-refractivity contribution in [3.8, 4) is 5.69 Å². The third kappa shape index (κ3) is 4.04. The monoisotopic (exact) mass is 368 g/mol. The van der Waals surface area contributed by atoms with Crippen molar-refractivity contribution in [2.45, 2.75) is 40.2 Å². The summed E-state index contributed by atoms with van der Waals surface area (Å²) in [5, 5.41) is 4.67. The van der Waals surface area contributed by atoms with E-state index in [-0.39, 0.29) is 17.7 Å². The van der Waals surface area contributed by atoms with Gasteiger partial charge in [-0.3, -0.25) is 9.59 Å². The Morgan fingerprint density at radius 1 is 1.15 bits per heavy atom. The molecule has 1 aliphatic rings. The van der Waals surface area contributed by atoms with Crippen molar-refractivity contribution in [1.29, 1.82) is 0 Å². The van der Waals surface area contributed by atoms with Crippen molar-refractivity contribution in [3.05, 3.63) is 47.3 Å². The molecule has 1 saturated heterocycles. The fourth-order valence-electron chi connectivity index (χ4n) is 3.79. The van der Waals surface area contributed by atoms with Crippen LogP contribution in [0.3, 0.4) is 0 Å². The van der Waals surface area contributed by atoms with Gasteiger partial charge in [0, 0.05) is 50.8 Å². The SMILES string of the molecule is CC(=O)N1CCC(C(=O)N(C)Cc2c(C)nn(-c3ccccc3)c2C)CC1. The van der Waals surface area contributed by atoms with Gasteiger partial charge in [-0.05, 0) is 38.8 Å². The zero-order chi connectivity index (χ0) is 19.6. The predicted octanol–water partition coefficient (Wildman–Crippen LogP) is 2.71. The minimum Gasteiger partial charge on any atom is -0.343 e. The molecule has 0 radical (unpaired) electrons. The number of aromatic nitrogens is 2. The molecule has 6 heteroatoms. The molecular formula is C21H28N4O2. The van der Waals surface area contributed by atoms with Gasteiger partial charge in [0.2, 0.25) is 11.8 Å². The van der Waals surface area contributed by atoms with Gasteiger partial charge in [0.1, 0.15) is 0 Å². The Morgan fingerprint density at radius 2 is 1.78 bits per heavy atom. The number of aryl methyl sites for hydroxylation is 1. The van der Waals surface area contributed by atoms with Crippen molar-refractivity contribution >= 4 is 11.8 Å². The highest BCUT2D eigenvalue weighted by Crippen LogP contribution is 2.23. The molecule has 0 atom stereocenters. The molecule has 3 rings (SSSR count). The van der Waals surface area contributed by atoms with Gasteiger partial charge < -0.3 is 9.80 Å². The van der Waals surface area contributed by atoms with Crippen LogP contribution in [-0.2, 0) is 16.1 Å². The number of benzene rings is 1. The molecule has 0 bridgehead atoms. The fourth-order valence-corrected chi connectivity index (χ4v) is 3.79. The molecule has 0 unspecified atom stereocenters. The van der Waals surface area contributed by atoms with Gasteiger partial charge in [0.25, 0.3) is 0 Å². The van der Waals surface area contributed by atoms with Crippen molar-refractivity contribution in [1.82, 2.24) is 19.6 Å². The summed E-state index contributed by atoms with van der Waals surface area (Å²) in [6.07, 6.45) is 1.48. The van der Waals surface area contributed by atoms with Crippen LogP contribution in [0.5, 0.6) is 0 Å². The third-order valence-corrected chi connectivity index (χ3v) is 5.50. The molecule has 144 valence electrons. The topological polar surface area (TPSA) is 58.4 Å². The van der Waals surface area contributed by atoms with E-state index in [0.717, 1.165) is 35.5 Å². The maximum Gasteiger partial charge on any atom is 0.225 e. The zero-order valence-corrected chi connectivity index (χ0v) is 16.6. The third-order valence-electron chi connectivity index (χ3n) is 5.50. The summed E-state index contributed by atoms with van der Waals surface area (Å²) in [7, 11) is 1.86. The highest BCUT2D eigenvalue weighted by molar-refractivity contribution is 5.79. The molecule has 27 heavy (non-hydrogen) atoms. The Labute approximate surface area is 160 Å². The second-order valence-corrected chi connectivity index (χ2v) is 7.37. The highest BCUT2D eigenvalue weighted by atomic mass is 16.2. The number of carbonyl (C=O) groups excluding carboxylic acids is 2. The van der Waals surface area contributed by atoms with Crippen LogP contribution in [0.25, 0.3) is 5.69 Å². The van der Waals surface area contributed by atoms with Crippen LogP contribution >= 0.6 is 0 Å². The summed E-state index contributed by atoms with van der Waals surface area (Å²) in [5.74, 6) is 0.244. The summed E-state index contributed by atoms with van der Waals surface area (Å²) in [5.41, 5.74) is 4.12. The molecule has 1 fully saturated rings. The quantitative estimate of drug-likeness (QED) is 0.834. The number of para-hydroxylation sites is 1. The first kappa shape index (κ1) is 19.1. The van der Waals surface area contributed by atoms with E-state index in [0.29, 0.717) is 19.6 Å². The minimum atomic E-state index is -0.00428. The van der Waals surface area contributed by atoms with E-state index in [1.165, 1.54) is 0 Å². The number of carbonyl (C=O) groups is 2. The Balaban J connectivity index is 1.69. The van der Waals surface area contributed by atoms with Crippen LogP contribution in [0.15, 0.2) is 30.3 Å². The van der Waals surface area contributed by atoms with E-state index in [9.17, 15) is 9.59 Å². The van der Waals surface area contributed by atoms with Gasteiger partial charge in [-0.15, -0.1) is 0 Å². The van der Waals surface area contributed by atoms with Crippen molar-refractivity contribution in [2.24, 2.45) is 5.92 Å². The van der Waals surface area contributed by atoms with Crippen LogP contribution in [0.1, 0.15) is 36.7 Å². The normalized spacial score (nSPS) is 15.0. The average molecular weight is 368 g/mol. The van der Waals surface area contributed by atoms with Crippen LogP contribution < -0.4 is 0 Å². The molecule has 1 aliphatic heterocycles. The summed E-state index contributed by atoms with van der Waals surface area (Å²) >= 11 is 0. The number of rotatable bonds is 4. The van der Waals surface area contributed by atoms with Gasteiger partial charge in [0.05, 0.1) is 11.4 Å². The fraction of sp³-hybridized carbons (Fsp3) is 0.476. The van der Waals surface area contributed by atoms with E-state index in [1.807, 2.05) is 60.8 Å². The molecule has 0 aliphatic carbocycles. The Kier molecular flexibility index (Phi) is 5.63. The predicted molar refractivity (Wildman–Crippen MR) is 104 cm³/mol. The molecule has 2 aromatic rings. The Morgan fingerprint density at radius 3 is 2.37 bits per heavy atom. The molecule has 0 saturated carbocycles. The number of amides is 2. The average Bonchev–Trinajstić information content (AvgIpc) is 2.96. The van der Waals surface area contributed by atoms with Gasteiger partial charge in [-0.2, -0.15) is 5.10 Å². The van der Waals surface area contributed by atoms with Gasteiger partial charge >= 0.3 is 0 Å². The van der Waals surface area contributed by atoms with E-state index in [4.69, 9.17) is 0 Å².